The SMILES string of the molecule is C=C[C@H](c1ccc(OC)cc1)[C@@](OC)(C(=O)c1ccccc1)c1ccccc1. The molecule has 0 fully saturated rings. The van der Waals surface area contributed by atoms with Crippen LogP contribution in [0.15, 0.2) is 97.6 Å². The predicted octanol–water partition coefficient (Wildman–Crippen LogP) is 5.39. The van der Waals surface area contributed by atoms with Gasteiger partial charge in [-0.25, -0.2) is 0 Å². The van der Waals surface area contributed by atoms with Crippen molar-refractivity contribution >= 4 is 5.78 Å². The highest BCUT2D eigenvalue weighted by Crippen LogP contribution is 2.43. The van der Waals surface area contributed by atoms with Crippen LogP contribution in [0, 0.1) is 0 Å². The van der Waals surface area contributed by atoms with E-state index in [9.17, 15) is 4.79 Å². The zero-order valence-corrected chi connectivity index (χ0v) is 16.2. The van der Waals surface area contributed by atoms with Gasteiger partial charge in [-0.2, -0.15) is 0 Å². The number of carbonyl (C=O) groups is 1. The first-order chi connectivity index (χ1) is 13.7. The Morgan fingerprint density at radius 1 is 0.893 bits per heavy atom. The Hall–Kier alpha value is -3.17. The highest BCUT2D eigenvalue weighted by molar-refractivity contribution is 6.04. The van der Waals surface area contributed by atoms with Gasteiger partial charge in [0.25, 0.3) is 0 Å². The Bertz CT molecular complexity index is 917. The first-order valence-corrected chi connectivity index (χ1v) is 9.14. The minimum atomic E-state index is -1.24. The van der Waals surface area contributed by atoms with E-state index in [1.165, 1.54) is 0 Å². The summed E-state index contributed by atoms with van der Waals surface area (Å²) in [7, 11) is 3.20. The average molecular weight is 372 g/mol. The third-order valence-corrected chi connectivity index (χ3v) is 5.05. The normalized spacial score (nSPS) is 13.9. The molecule has 0 aliphatic rings. The monoisotopic (exact) mass is 372 g/mol. The summed E-state index contributed by atoms with van der Waals surface area (Å²) in [5.74, 6) is 0.254. The first kappa shape index (κ1) is 19.6. The van der Waals surface area contributed by atoms with Crippen LogP contribution >= 0.6 is 0 Å². The molecule has 0 saturated carbocycles. The second-order valence-corrected chi connectivity index (χ2v) is 6.49. The van der Waals surface area contributed by atoms with Gasteiger partial charge in [-0.15, -0.1) is 6.58 Å². The van der Waals surface area contributed by atoms with Gasteiger partial charge in [-0.1, -0.05) is 78.9 Å². The Morgan fingerprint density at radius 2 is 1.46 bits per heavy atom. The number of rotatable bonds is 8. The molecule has 2 atom stereocenters. The summed E-state index contributed by atoms with van der Waals surface area (Å²) in [5, 5.41) is 0. The van der Waals surface area contributed by atoms with Crippen molar-refractivity contribution in [2.45, 2.75) is 11.5 Å². The minimum Gasteiger partial charge on any atom is -0.497 e. The Balaban J connectivity index is 2.21. The van der Waals surface area contributed by atoms with E-state index in [1.54, 1.807) is 20.3 Å². The zero-order valence-electron chi connectivity index (χ0n) is 16.2. The Labute approximate surface area is 166 Å². The van der Waals surface area contributed by atoms with Gasteiger partial charge in [0.1, 0.15) is 5.75 Å². The highest BCUT2D eigenvalue weighted by Gasteiger charge is 2.47. The lowest BCUT2D eigenvalue weighted by Crippen LogP contribution is -2.43. The van der Waals surface area contributed by atoms with Crippen molar-refractivity contribution in [1.82, 2.24) is 0 Å². The van der Waals surface area contributed by atoms with Crippen LogP contribution in [-0.2, 0) is 10.3 Å². The largest absolute Gasteiger partial charge is 0.497 e. The Morgan fingerprint density at radius 3 is 1.96 bits per heavy atom. The van der Waals surface area contributed by atoms with E-state index in [-0.39, 0.29) is 5.78 Å². The number of ketones is 1. The molecule has 3 aromatic carbocycles. The number of hydrogen-bond acceptors (Lipinski definition) is 3. The van der Waals surface area contributed by atoms with Gasteiger partial charge in [0.2, 0.25) is 0 Å². The van der Waals surface area contributed by atoms with Crippen LogP contribution in [0.1, 0.15) is 27.4 Å². The maximum atomic E-state index is 13.8. The number of ether oxygens (including phenoxy) is 2. The molecule has 0 radical (unpaired) electrons. The van der Waals surface area contributed by atoms with Crippen molar-refractivity contribution in [3.8, 4) is 5.75 Å². The summed E-state index contributed by atoms with van der Waals surface area (Å²) in [6, 6.07) is 26.5. The molecule has 142 valence electrons. The molecule has 3 rings (SSSR count). The molecule has 0 spiro atoms. The summed E-state index contributed by atoms with van der Waals surface area (Å²) in [6.45, 7) is 4.03. The molecule has 3 heteroatoms. The van der Waals surface area contributed by atoms with Gasteiger partial charge < -0.3 is 9.47 Å². The quantitative estimate of drug-likeness (QED) is 0.393. The summed E-state index contributed by atoms with van der Waals surface area (Å²) < 4.78 is 11.3. The van der Waals surface area contributed by atoms with Crippen LogP contribution in [0.4, 0.5) is 0 Å². The van der Waals surface area contributed by atoms with Crippen LogP contribution in [-0.4, -0.2) is 20.0 Å². The molecule has 3 aromatic rings. The van der Waals surface area contributed by atoms with E-state index < -0.39 is 11.5 Å². The standard InChI is InChI=1S/C25H24O3/c1-4-23(19-15-17-22(27-2)18-16-19)25(28-3,21-13-9-6-10-14-21)24(26)20-11-7-5-8-12-20/h4-18,23H,1H2,2-3H3/t23-,25-/m1/s1. The Kier molecular flexibility index (Phi) is 6.07. The van der Waals surface area contributed by atoms with Gasteiger partial charge in [0.15, 0.2) is 11.4 Å². The fourth-order valence-electron chi connectivity index (χ4n) is 3.63. The third-order valence-electron chi connectivity index (χ3n) is 5.05. The van der Waals surface area contributed by atoms with E-state index in [2.05, 4.69) is 6.58 Å². The van der Waals surface area contributed by atoms with Crippen molar-refractivity contribution in [2.75, 3.05) is 14.2 Å². The number of Topliss-reactive ketones (excluding diaryl/α,β-unsaturated/α-hetero) is 1. The second kappa shape index (κ2) is 8.68. The summed E-state index contributed by atoms with van der Waals surface area (Å²) in [6.07, 6.45) is 1.78. The fraction of sp³-hybridized carbons (Fsp3) is 0.160. The number of benzene rings is 3. The van der Waals surface area contributed by atoms with Crippen molar-refractivity contribution < 1.29 is 14.3 Å². The summed E-state index contributed by atoms with van der Waals surface area (Å²) in [5.41, 5.74) is 1.06. The molecule has 0 saturated heterocycles. The molecule has 0 heterocycles. The van der Waals surface area contributed by atoms with Gasteiger partial charge in [-0.05, 0) is 23.3 Å². The van der Waals surface area contributed by atoms with E-state index in [0.29, 0.717) is 5.56 Å². The average Bonchev–Trinajstić information content (AvgIpc) is 2.78. The maximum absolute atomic E-state index is 13.8. The van der Waals surface area contributed by atoms with E-state index in [4.69, 9.17) is 9.47 Å². The van der Waals surface area contributed by atoms with Crippen LogP contribution < -0.4 is 4.74 Å². The highest BCUT2D eigenvalue weighted by atomic mass is 16.5. The zero-order chi connectivity index (χ0) is 20.0. The van der Waals surface area contributed by atoms with E-state index in [0.717, 1.165) is 16.9 Å². The molecular weight excluding hydrogens is 348 g/mol. The number of carbonyl (C=O) groups excluding carboxylic acids is 1. The first-order valence-electron chi connectivity index (χ1n) is 9.14. The van der Waals surface area contributed by atoms with Gasteiger partial charge >= 0.3 is 0 Å². The van der Waals surface area contributed by atoms with Crippen molar-refractivity contribution in [2.24, 2.45) is 0 Å². The van der Waals surface area contributed by atoms with Crippen molar-refractivity contribution in [1.29, 1.82) is 0 Å². The summed E-state index contributed by atoms with van der Waals surface area (Å²) in [4.78, 5) is 13.8. The minimum absolute atomic E-state index is 0.109. The number of hydrogen-bond donors (Lipinski definition) is 0. The summed E-state index contributed by atoms with van der Waals surface area (Å²) >= 11 is 0. The van der Waals surface area contributed by atoms with Crippen LogP contribution in [0.2, 0.25) is 0 Å². The lowest BCUT2D eigenvalue weighted by atomic mass is 9.72. The molecule has 28 heavy (non-hydrogen) atoms. The lowest BCUT2D eigenvalue weighted by Gasteiger charge is -2.38. The molecule has 0 bridgehead atoms. The molecule has 3 nitrogen and oxygen atoms in total. The van der Waals surface area contributed by atoms with Crippen LogP contribution in [0.5, 0.6) is 5.75 Å². The fourth-order valence-corrected chi connectivity index (χ4v) is 3.63. The van der Waals surface area contributed by atoms with Crippen molar-refractivity contribution in [3.05, 3.63) is 114 Å². The van der Waals surface area contributed by atoms with Gasteiger partial charge in [0.05, 0.1) is 7.11 Å². The molecule has 0 N–H and O–H groups in total. The van der Waals surface area contributed by atoms with E-state index >= 15 is 0 Å². The maximum Gasteiger partial charge on any atom is 0.200 e. The van der Waals surface area contributed by atoms with Crippen LogP contribution in [0.3, 0.4) is 0 Å². The third kappa shape index (κ3) is 3.49. The van der Waals surface area contributed by atoms with Gasteiger partial charge in [-0.3, -0.25) is 4.79 Å². The molecule has 0 unspecified atom stereocenters. The van der Waals surface area contributed by atoms with Crippen LogP contribution in [0.25, 0.3) is 0 Å². The molecular formula is C25H24O3. The van der Waals surface area contributed by atoms with E-state index in [1.807, 2.05) is 84.9 Å². The topological polar surface area (TPSA) is 35.5 Å². The molecule has 0 aliphatic carbocycles. The second-order valence-electron chi connectivity index (χ2n) is 6.49. The molecule has 0 amide bonds. The smallest absolute Gasteiger partial charge is 0.200 e. The lowest BCUT2D eigenvalue weighted by molar-refractivity contribution is -0.00994. The number of methoxy groups -OCH3 is 2. The predicted molar refractivity (Wildman–Crippen MR) is 112 cm³/mol. The van der Waals surface area contributed by atoms with Gasteiger partial charge in [0, 0.05) is 18.6 Å². The molecule has 0 aromatic heterocycles. The van der Waals surface area contributed by atoms with Crippen molar-refractivity contribution in [3.63, 3.8) is 0 Å². The molecule has 0 aliphatic heterocycles.